The molecular weight excluding hydrogens is 506 g/mol. The molecule has 200 valence electrons. The first-order chi connectivity index (χ1) is 18.4. The summed E-state index contributed by atoms with van der Waals surface area (Å²) >= 11 is 1.02. The molecule has 1 fully saturated rings. The van der Waals surface area contributed by atoms with Crippen molar-refractivity contribution in [2.24, 2.45) is 10.9 Å². The summed E-state index contributed by atoms with van der Waals surface area (Å²) in [7, 11) is 0. The van der Waals surface area contributed by atoms with Gasteiger partial charge in [0.25, 0.3) is 0 Å². The van der Waals surface area contributed by atoms with Gasteiger partial charge in [-0.05, 0) is 29.9 Å². The number of fused-ring (bicyclic) bond motifs is 3. The van der Waals surface area contributed by atoms with Gasteiger partial charge in [0.2, 0.25) is 0 Å². The third-order valence-electron chi connectivity index (χ3n) is 8.44. The maximum Gasteiger partial charge on any atom is 0.199 e. The van der Waals surface area contributed by atoms with Gasteiger partial charge in [-0.15, -0.1) is 11.3 Å². The van der Waals surface area contributed by atoms with Gasteiger partial charge < -0.3 is 26.0 Å². The van der Waals surface area contributed by atoms with Crippen molar-refractivity contribution in [1.82, 2.24) is 15.5 Å². The van der Waals surface area contributed by atoms with E-state index in [1.54, 1.807) is 0 Å². The van der Waals surface area contributed by atoms with Crippen molar-refractivity contribution in [2.75, 3.05) is 25.5 Å². The zero-order valence-corrected chi connectivity index (χ0v) is 22.4. The summed E-state index contributed by atoms with van der Waals surface area (Å²) in [5.74, 6) is 0.328. The molecule has 1 saturated heterocycles. The van der Waals surface area contributed by atoms with Crippen LogP contribution in [0.25, 0.3) is 5.83 Å². The minimum atomic E-state index is -0.823. The highest BCUT2D eigenvalue weighted by atomic mass is 32.1. The minimum absolute atomic E-state index is 0.184. The van der Waals surface area contributed by atoms with Gasteiger partial charge >= 0.3 is 0 Å². The number of anilines is 1. The summed E-state index contributed by atoms with van der Waals surface area (Å²) in [4.78, 5) is 7.51. The Labute approximate surface area is 225 Å². The van der Waals surface area contributed by atoms with Crippen molar-refractivity contribution in [3.05, 3.63) is 56.5 Å². The van der Waals surface area contributed by atoms with Crippen LogP contribution in [0.3, 0.4) is 0 Å². The lowest BCUT2D eigenvalue weighted by molar-refractivity contribution is 0.205. The normalized spacial score (nSPS) is 28.1. The molecule has 0 bridgehead atoms. The topological polar surface area (TPSA) is 98.7 Å². The Balaban J connectivity index is 1.41. The van der Waals surface area contributed by atoms with Gasteiger partial charge in [0.1, 0.15) is 22.9 Å². The number of unbranched alkanes of at least 4 members (excludes halogenated alkanes) is 2. The third kappa shape index (κ3) is 3.86. The Bertz CT molecular complexity index is 1370. The second-order valence-corrected chi connectivity index (χ2v) is 11.7. The van der Waals surface area contributed by atoms with Gasteiger partial charge in [-0.3, -0.25) is 0 Å². The summed E-state index contributed by atoms with van der Waals surface area (Å²) in [6, 6.07) is 0.883. The molecule has 0 amide bonds. The van der Waals surface area contributed by atoms with Gasteiger partial charge in [0.15, 0.2) is 11.8 Å². The number of rotatable bonds is 5. The number of nitriles is 1. The van der Waals surface area contributed by atoms with Crippen LogP contribution >= 0.6 is 11.3 Å². The molecule has 1 aromatic heterocycles. The van der Waals surface area contributed by atoms with Crippen LogP contribution in [0, 0.1) is 17.2 Å². The van der Waals surface area contributed by atoms with E-state index in [-0.39, 0.29) is 22.0 Å². The minimum Gasteiger partial charge on any atom is -0.389 e. The Morgan fingerprint density at radius 1 is 1.26 bits per heavy atom. The number of thiophene rings is 1. The highest BCUT2D eigenvalue weighted by molar-refractivity contribution is 7.17. The fraction of sp³-hybridized carbons (Fsp3) is 0.500. The summed E-state index contributed by atoms with van der Waals surface area (Å²) in [5.41, 5.74) is 9.40. The second kappa shape index (κ2) is 9.86. The van der Waals surface area contributed by atoms with E-state index in [9.17, 15) is 9.65 Å². The third-order valence-corrected chi connectivity index (χ3v) is 9.49. The summed E-state index contributed by atoms with van der Waals surface area (Å²) in [6.07, 6.45) is 8.81. The Hall–Kier alpha value is -3.16. The highest BCUT2D eigenvalue weighted by Gasteiger charge is 2.44. The number of halogens is 2. The highest BCUT2D eigenvalue weighted by Crippen LogP contribution is 2.50. The SMILES string of the molecule is CCCCCC1C(C)CCN1C1=NC2C(=CN1)C1=C(COC1)C(C1NC=C(F)c3sc(N)c(C#N)c31)=C2F. The van der Waals surface area contributed by atoms with Crippen LogP contribution in [0.15, 0.2) is 45.5 Å². The van der Waals surface area contributed by atoms with Crippen LogP contribution < -0.4 is 16.4 Å². The molecule has 0 spiro atoms. The maximum atomic E-state index is 16.7. The van der Waals surface area contributed by atoms with Crippen molar-refractivity contribution >= 4 is 28.1 Å². The molecule has 4 unspecified atom stereocenters. The molecular formula is C28H32F2N6OS. The molecule has 5 heterocycles. The van der Waals surface area contributed by atoms with E-state index in [1.807, 2.05) is 6.20 Å². The maximum absolute atomic E-state index is 16.7. The van der Waals surface area contributed by atoms with Crippen LogP contribution in [0.5, 0.6) is 0 Å². The van der Waals surface area contributed by atoms with E-state index in [4.69, 9.17) is 15.5 Å². The summed E-state index contributed by atoms with van der Waals surface area (Å²) in [5, 5.41) is 16.4. The molecule has 7 nitrogen and oxygen atoms in total. The molecule has 38 heavy (non-hydrogen) atoms. The second-order valence-electron chi connectivity index (χ2n) is 10.6. The zero-order chi connectivity index (χ0) is 26.6. The lowest BCUT2D eigenvalue weighted by Gasteiger charge is -2.36. The fourth-order valence-corrected chi connectivity index (χ4v) is 7.43. The van der Waals surface area contributed by atoms with E-state index in [0.29, 0.717) is 35.7 Å². The van der Waals surface area contributed by atoms with E-state index in [0.717, 1.165) is 53.9 Å². The van der Waals surface area contributed by atoms with E-state index < -0.39 is 23.7 Å². The first-order valence-electron chi connectivity index (χ1n) is 13.4. The van der Waals surface area contributed by atoms with Gasteiger partial charge in [0, 0.05) is 41.7 Å². The Morgan fingerprint density at radius 2 is 2.08 bits per heavy atom. The first-order valence-corrected chi connectivity index (χ1v) is 14.2. The average molecular weight is 539 g/mol. The standard InChI is InChI=1S/C28H32F2N6OS/c1-3-4-5-6-20-14(2)7-8-36(20)28-34-10-16-17-12-37-13-18(17)21(23(30)24(16)35-28)25-22-15(9-31)27(32)38-26(22)19(29)11-33-25/h10-11,14,20,24-25,33H,3-8,12-13,32H2,1-2H3,(H,34,35). The van der Waals surface area contributed by atoms with Crippen molar-refractivity contribution in [1.29, 1.82) is 5.26 Å². The molecule has 1 aromatic rings. The van der Waals surface area contributed by atoms with Gasteiger partial charge in [-0.1, -0.05) is 33.1 Å². The van der Waals surface area contributed by atoms with Crippen molar-refractivity contribution in [3.63, 3.8) is 0 Å². The molecule has 4 aliphatic heterocycles. The monoisotopic (exact) mass is 538 g/mol. The predicted octanol–water partition coefficient (Wildman–Crippen LogP) is 5.18. The lowest BCUT2D eigenvalue weighted by Crippen LogP contribution is -2.46. The van der Waals surface area contributed by atoms with E-state index in [2.05, 4.69) is 35.5 Å². The number of nitrogen functional groups attached to an aromatic ring is 1. The Kier molecular flexibility index (Phi) is 6.52. The van der Waals surface area contributed by atoms with Crippen LogP contribution in [-0.4, -0.2) is 42.7 Å². The number of ether oxygens (including phenoxy) is 1. The zero-order valence-electron chi connectivity index (χ0n) is 21.6. The van der Waals surface area contributed by atoms with Crippen molar-refractivity contribution in [3.8, 4) is 6.07 Å². The first kappa shape index (κ1) is 25.1. The number of aliphatic imine (C=N–C) groups is 1. The number of guanidine groups is 1. The van der Waals surface area contributed by atoms with Crippen molar-refractivity contribution in [2.45, 2.75) is 64.1 Å². The Morgan fingerprint density at radius 3 is 2.87 bits per heavy atom. The summed E-state index contributed by atoms with van der Waals surface area (Å²) in [6.45, 7) is 5.96. The van der Waals surface area contributed by atoms with Crippen LogP contribution in [0.1, 0.15) is 68.0 Å². The van der Waals surface area contributed by atoms with E-state index in [1.165, 1.54) is 19.0 Å². The lowest BCUT2D eigenvalue weighted by atomic mass is 9.79. The molecule has 0 saturated carbocycles. The summed E-state index contributed by atoms with van der Waals surface area (Å²) < 4.78 is 37.2. The smallest absolute Gasteiger partial charge is 0.199 e. The van der Waals surface area contributed by atoms with E-state index >= 15 is 4.39 Å². The van der Waals surface area contributed by atoms with Crippen LogP contribution in [0.4, 0.5) is 13.8 Å². The molecule has 10 heteroatoms. The number of nitrogens with two attached hydrogens (primary N) is 1. The number of hydrogen-bond acceptors (Lipinski definition) is 8. The fourth-order valence-electron chi connectivity index (χ4n) is 6.46. The molecule has 4 atom stereocenters. The van der Waals surface area contributed by atoms with Crippen molar-refractivity contribution < 1.29 is 13.5 Å². The van der Waals surface area contributed by atoms with Gasteiger partial charge in [-0.2, -0.15) is 5.26 Å². The molecule has 0 aromatic carbocycles. The predicted molar refractivity (Wildman–Crippen MR) is 145 cm³/mol. The average Bonchev–Trinajstić information content (AvgIpc) is 3.63. The number of nitrogens with one attached hydrogen (secondary N) is 2. The molecule has 4 N–H and O–H groups in total. The largest absolute Gasteiger partial charge is 0.389 e. The molecule has 1 aliphatic carbocycles. The van der Waals surface area contributed by atoms with Gasteiger partial charge in [-0.25, -0.2) is 13.8 Å². The molecule has 6 rings (SSSR count). The van der Waals surface area contributed by atoms with Crippen LogP contribution in [0.2, 0.25) is 0 Å². The number of nitrogens with zero attached hydrogens (tertiary/aromatic N) is 3. The van der Waals surface area contributed by atoms with Crippen LogP contribution in [-0.2, 0) is 4.74 Å². The quantitative estimate of drug-likeness (QED) is 0.447. The number of hydrogen-bond donors (Lipinski definition) is 3. The number of likely N-dealkylation sites (tertiary alicyclic amines) is 1. The molecule has 5 aliphatic rings. The van der Waals surface area contributed by atoms with Gasteiger partial charge in [0.05, 0.1) is 29.7 Å². The molecule has 0 radical (unpaired) electrons.